The first-order valence-electron chi connectivity index (χ1n) is 6.89. The number of alkyl carbamates (subject to hydrolysis) is 1. The summed E-state index contributed by atoms with van der Waals surface area (Å²) in [6, 6.07) is 5.66. The van der Waals surface area contributed by atoms with Crippen molar-refractivity contribution in [2.45, 2.75) is 44.9 Å². The summed E-state index contributed by atoms with van der Waals surface area (Å²) in [4.78, 5) is 11.8. The molecule has 1 amide bonds. The van der Waals surface area contributed by atoms with E-state index in [4.69, 9.17) is 10.5 Å². The van der Waals surface area contributed by atoms with Crippen molar-refractivity contribution in [3.8, 4) is 5.75 Å². The van der Waals surface area contributed by atoms with Gasteiger partial charge in [-0.1, -0.05) is 12.1 Å². The molecule has 0 aliphatic carbocycles. The van der Waals surface area contributed by atoms with E-state index in [0.29, 0.717) is 18.5 Å². The van der Waals surface area contributed by atoms with Crippen LogP contribution in [0, 0.1) is 0 Å². The molecule has 0 fully saturated rings. The summed E-state index contributed by atoms with van der Waals surface area (Å²) in [5.74, 6) is 0.0512. The zero-order chi connectivity index (χ0) is 16.0. The second-order valence-electron chi connectivity index (χ2n) is 5.87. The maximum absolute atomic E-state index is 11.8. The summed E-state index contributed by atoms with van der Waals surface area (Å²) >= 11 is 0. The first kappa shape index (κ1) is 17.3. The van der Waals surface area contributed by atoms with Gasteiger partial charge in [0.15, 0.2) is 0 Å². The van der Waals surface area contributed by atoms with E-state index in [2.05, 4.69) is 5.32 Å². The Hall–Kier alpha value is -1.79. The lowest BCUT2D eigenvalue weighted by atomic mass is 9.99. The lowest BCUT2D eigenvalue weighted by Gasteiger charge is -2.26. The Kier molecular flexibility index (Phi) is 5.99. The van der Waals surface area contributed by atoms with Crippen LogP contribution >= 0.6 is 0 Å². The standard InChI is InChI=1S/C15H24N2O4/c1-15(2,3)21-14(20)17-12(7-8-16)13(19)10-5-4-6-11(18)9-10/h4-6,9,12-13,18-19H,7-8,16H2,1-3H3,(H,17,20). The van der Waals surface area contributed by atoms with E-state index in [0.717, 1.165) is 0 Å². The van der Waals surface area contributed by atoms with E-state index in [1.807, 2.05) is 0 Å². The van der Waals surface area contributed by atoms with Gasteiger partial charge in [0.05, 0.1) is 12.1 Å². The van der Waals surface area contributed by atoms with Crippen molar-refractivity contribution in [2.24, 2.45) is 5.73 Å². The van der Waals surface area contributed by atoms with E-state index >= 15 is 0 Å². The normalized spacial score (nSPS) is 14.3. The number of amides is 1. The van der Waals surface area contributed by atoms with Crippen molar-refractivity contribution in [1.82, 2.24) is 5.32 Å². The zero-order valence-corrected chi connectivity index (χ0v) is 12.7. The van der Waals surface area contributed by atoms with Crippen molar-refractivity contribution in [2.75, 3.05) is 6.54 Å². The first-order valence-corrected chi connectivity index (χ1v) is 6.89. The molecule has 1 aromatic carbocycles. The Morgan fingerprint density at radius 1 is 1.43 bits per heavy atom. The predicted molar refractivity (Wildman–Crippen MR) is 79.9 cm³/mol. The third kappa shape index (κ3) is 6.01. The topological polar surface area (TPSA) is 105 Å². The number of phenols is 1. The summed E-state index contributed by atoms with van der Waals surface area (Å²) < 4.78 is 5.17. The molecule has 21 heavy (non-hydrogen) atoms. The Morgan fingerprint density at radius 2 is 2.10 bits per heavy atom. The van der Waals surface area contributed by atoms with Gasteiger partial charge < -0.3 is 26.0 Å². The van der Waals surface area contributed by atoms with Gasteiger partial charge in [-0.3, -0.25) is 0 Å². The van der Waals surface area contributed by atoms with Gasteiger partial charge in [0, 0.05) is 0 Å². The number of aliphatic hydroxyl groups excluding tert-OH is 1. The highest BCUT2D eigenvalue weighted by Gasteiger charge is 2.25. The van der Waals surface area contributed by atoms with E-state index < -0.39 is 23.8 Å². The molecule has 1 aromatic rings. The van der Waals surface area contributed by atoms with E-state index in [1.54, 1.807) is 32.9 Å². The number of benzene rings is 1. The van der Waals surface area contributed by atoms with Crippen LogP contribution in [0.15, 0.2) is 24.3 Å². The minimum Gasteiger partial charge on any atom is -0.508 e. The molecule has 0 heterocycles. The summed E-state index contributed by atoms with van der Waals surface area (Å²) in [6.45, 7) is 5.58. The van der Waals surface area contributed by atoms with Crippen molar-refractivity contribution >= 4 is 6.09 Å². The minimum atomic E-state index is -0.979. The number of nitrogens with two attached hydrogens (primary N) is 1. The third-order valence-electron chi connectivity index (χ3n) is 2.77. The van der Waals surface area contributed by atoms with Gasteiger partial charge in [-0.25, -0.2) is 4.79 Å². The second kappa shape index (κ2) is 7.28. The van der Waals surface area contributed by atoms with Crippen molar-refractivity contribution in [1.29, 1.82) is 0 Å². The number of aromatic hydroxyl groups is 1. The zero-order valence-electron chi connectivity index (χ0n) is 12.7. The smallest absolute Gasteiger partial charge is 0.407 e. The maximum Gasteiger partial charge on any atom is 0.407 e. The van der Waals surface area contributed by atoms with Crippen LogP contribution in [-0.4, -0.2) is 34.5 Å². The van der Waals surface area contributed by atoms with Crippen LogP contribution in [0.5, 0.6) is 5.75 Å². The number of aliphatic hydroxyl groups is 1. The van der Waals surface area contributed by atoms with E-state index in [9.17, 15) is 15.0 Å². The molecule has 0 saturated carbocycles. The van der Waals surface area contributed by atoms with Gasteiger partial charge in [-0.2, -0.15) is 0 Å². The number of ether oxygens (including phenoxy) is 1. The van der Waals surface area contributed by atoms with Crippen molar-refractivity contribution < 1.29 is 19.7 Å². The van der Waals surface area contributed by atoms with Crippen LogP contribution in [0.4, 0.5) is 4.79 Å². The number of carbonyl (C=O) groups excluding carboxylic acids is 1. The van der Waals surface area contributed by atoms with Crippen LogP contribution in [-0.2, 0) is 4.74 Å². The predicted octanol–water partition coefficient (Wildman–Crippen LogP) is 1.67. The highest BCUT2D eigenvalue weighted by molar-refractivity contribution is 5.68. The fourth-order valence-corrected chi connectivity index (χ4v) is 1.89. The monoisotopic (exact) mass is 296 g/mol. The number of rotatable bonds is 5. The largest absolute Gasteiger partial charge is 0.508 e. The Balaban J connectivity index is 2.78. The summed E-state index contributed by atoms with van der Waals surface area (Å²) in [7, 11) is 0. The quantitative estimate of drug-likeness (QED) is 0.661. The van der Waals surface area contributed by atoms with Gasteiger partial charge in [-0.15, -0.1) is 0 Å². The highest BCUT2D eigenvalue weighted by atomic mass is 16.6. The molecule has 0 bridgehead atoms. The van der Waals surface area contributed by atoms with Gasteiger partial charge in [0.2, 0.25) is 0 Å². The van der Waals surface area contributed by atoms with Gasteiger partial charge in [-0.05, 0) is 51.4 Å². The van der Waals surface area contributed by atoms with E-state index in [-0.39, 0.29) is 5.75 Å². The SMILES string of the molecule is CC(C)(C)OC(=O)NC(CCN)C(O)c1cccc(O)c1. The molecule has 2 unspecified atom stereocenters. The van der Waals surface area contributed by atoms with Gasteiger partial charge in [0.1, 0.15) is 11.4 Å². The Bertz CT molecular complexity index is 471. The van der Waals surface area contributed by atoms with Crippen molar-refractivity contribution in [3.63, 3.8) is 0 Å². The molecule has 6 heteroatoms. The third-order valence-corrected chi connectivity index (χ3v) is 2.77. The molecule has 118 valence electrons. The summed E-state index contributed by atoms with van der Waals surface area (Å²) in [5.41, 5.74) is 5.41. The Morgan fingerprint density at radius 3 is 2.62 bits per heavy atom. The first-order chi connectivity index (χ1) is 9.73. The second-order valence-corrected chi connectivity index (χ2v) is 5.87. The van der Waals surface area contributed by atoms with Crippen LogP contribution in [0.2, 0.25) is 0 Å². The molecule has 0 aliphatic rings. The van der Waals surface area contributed by atoms with E-state index in [1.165, 1.54) is 12.1 Å². The molecular weight excluding hydrogens is 272 g/mol. The lowest BCUT2D eigenvalue weighted by Crippen LogP contribution is -2.43. The lowest BCUT2D eigenvalue weighted by molar-refractivity contribution is 0.0415. The Labute approximate surface area is 124 Å². The molecule has 0 aromatic heterocycles. The summed E-state index contributed by atoms with van der Waals surface area (Å²) in [6.07, 6.45) is -1.20. The molecular formula is C15H24N2O4. The average molecular weight is 296 g/mol. The van der Waals surface area contributed by atoms with Crippen LogP contribution in [0.25, 0.3) is 0 Å². The molecule has 5 N–H and O–H groups in total. The summed E-state index contributed by atoms with van der Waals surface area (Å²) in [5, 5.41) is 22.4. The van der Waals surface area contributed by atoms with Crippen LogP contribution < -0.4 is 11.1 Å². The highest BCUT2D eigenvalue weighted by Crippen LogP contribution is 2.22. The number of phenolic OH excluding ortho intramolecular Hbond substituents is 1. The number of nitrogens with one attached hydrogen (secondary N) is 1. The molecule has 1 rings (SSSR count). The fourth-order valence-electron chi connectivity index (χ4n) is 1.89. The molecule has 2 atom stereocenters. The minimum absolute atomic E-state index is 0.0512. The number of carbonyl (C=O) groups is 1. The van der Waals surface area contributed by atoms with Gasteiger partial charge >= 0.3 is 6.09 Å². The van der Waals surface area contributed by atoms with Crippen molar-refractivity contribution in [3.05, 3.63) is 29.8 Å². The van der Waals surface area contributed by atoms with Crippen LogP contribution in [0.1, 0.15) is 38.9 Å². The van der Waals surface area contributed by atoms with Crippen LogP contribution in [0.3, 0.4) is 0 Å². The number of hydrogen-bond acceptors (Lipinski definition) is 5. The molecule has 0 saturated heterocycles. The molecule has 6 nitrogen and oxygen atoms in total. The average Bonchev–Trinajstić information content (AvgIpc) is 2.35. The molecule has 0 aliphatic heterocycles. The van der Waals surface area contributed by atoms with Gasteiger partial charge in [0.25, 0.3) is 0 Å². The number of hydrogen-bond donors (Lipinski definition) is 4. The fraction of sp³-hybridized carbons (Fsp3) is 0.533. The maximum atomic E-state index is 11.8. The molecule has 0 spiro atoms. The molecule has 0 radical (unpaired) electrons.